The molecular weight excluding hydrogens is 262 g/mol. The molecule has 3 nitrogen and oxygen atoms in total. The van der Waals surface area contributed by atoms with Crippen molar-refractivity contribution in [3.8, 4) is 5.75 Å². The van der Waals surface area contributed by atoms with Crippen LogP contribution in [0.2, 0.25) is 5.02 Å². The molecule has 0 spiro atoms. The third-order valence-corrected chi connectivity index (χ3v) is 2.84. The summed E-state index contributed by atoms with van der Waals surface area (Å²) in [6.45, 7) is 0. The van der Waals surface area contributed by atoms with Crippen molar-refractivity contribution >= 4 is 23.2 Å². The largest absolute Gasteiger partial charge is 0.497 e. The number of hydrogen-bond acceptors (Lipinski definition) is 2. The minimum Gasteiger partial charge on any atom is -0.497 e. The molecule has 0 radical (unpaired) electrons. The summed E-state index contributed by atoms with van der Waals surface area (Å²) in [5.74, 6) is 0.621. The van der Waals surface area contributed by atoms with Crippen LogP contribution >= 0.6 is 11.6 Å². The molecule has 0 unspecified atom stereocenters. The van der Waals surface area contributed by atoms with E-state index in [4.69, 9.17) is 16.3 Å². The van der Waals surface area contributed by atoms with E-state index in [0.29, 0.717) is 16.5 Å². The monoisotopic (exact) mass is 275 g/mol. The Morgan fingerprint density at radius 2 is 2.00 bits per heavy atom. The lowest BCUT2D eigenvalue weighted by molar-refractivity contribution is -0.115. The second kappa shape index (κ2) is 6.25. The molecule has 0 bridgehead atoms. The van der Waals surface area contributed by atoms with E-state index in [9.17, 15) is 4.79 Å². The lowest BCUT2D eigenvalue weighted by atomic mass is 10.1. The molecule has 0 aromatic heterocycles. The highest BCUT2D eigenvalue weighted by atomic mass is 35.5. The van der Waals surface area contributed by atoms with Crippen molar-refractivity contribution in [2.45, 2.75) is 6.42 Å². The van der Waals surface area contributed by atoms with E-state index in [0.717, 1.165) is 5.56 Å². The molecule has 1 amide bonds. The van der Waals surface area contributed by atoms with E-state index >= 15 is 0 Å². The summed E-state index contributed by atoms with van der Waals surface area (Å²) < 4.78 is 5.10. The molecule has 19 heavy (non-hydrogen) atoms. The minimum absolute atomic E-state index is 0.0875. The lowest BCUT2D eigenvalue weighted by Crippen LogP contribution is -2.14. The number of nitrogens with one attached hydrogen (secondary N) is 1. The summed E-state index contributed by atoms with van der Waals surface area (Å²) in [5, 5.41) is 3.45. The average Bonchev–Trinajstić information content (AvgIpc) is 2.38. The Morgan fingerprint density at radius 3 is 2.74 bits per heavy atom. The van der Waals surface area contributed by atoms with Gasteiger partial charge in [-0.25, -0.2) is 0 Å². The van der Waals surface area contributed by atoms with Crippen molar-refractivity contribution < 1.29 is 9.53 Å². The molecule has 4 heteroatoms. The van der Waals surface area contributed by atoms with Crippen LogP contribution in [0.4, 0.5) is 5.69 Å². The van der Waals surface area contributed by atoms with Gasteiger partial charge >= 0.3 is 0 Å². The third kappa shape index (κ3) is 4.00. The van der Waals surface area contributed by atoms with E-state index in [-0.39, 0.29) is 12.3 Å². The number of methoxy groups -OCH3 is 1. The molecular formula is C15H14ClNO2. The quantitative estimate of drug-likeness (QED) is 0.927. The molecule has 0 saturated heterocycles. The van der Waals surface area contributed by atoms with Gasteiger partial charge in [0.05, 0.1) is 13.5 Å². The fourth-order valence-electron chi connectivity index (χ4n) is 1.74. The second-order valence-corrected chi connectivity index (χ2v) is 4.52. The first-order valence-electron chi connectivity index (χ1n) is 5.86. The molecule has 0 saturated carbocycles. The fraction of sp³-hybridized carbons (Fsp3) is 0.133. The van der Waals surface area contributed by atoms with Crippen molar-refractivity contribution in [2.75, 3.05) is 12.4 Å². The highest BCUT2D eigenvalue weighted by Gasteiger charge is 2.05. The number of carbonyl (C=O) groups excluding carboxylic acids is 1. The zero-order valence-corrected chi connectivity index (χ0v) is 11.3. The number of anilines is 1. The molecule has 0 heterocycles. The van der Waals surface area contributed by atoms with Gasteiger partial charge in [0, 0.05) is 16.8 Å². The maximum atomic E-state index is 11.9. The highest BCUT2D eigenvalue weighted by molar-refractivity contribution is 6.30. The van der Waals surface area contributed by atoms with Crippen LogP contribution < -0.4 is 10.1 Å². The summed E-state index contributed by atoms with van der Waals surface area (Å²) in [4.78, 5) is 11.9. The highest BCUT2D eigenvalue weighted by Crippen LogP contribution is 2.17. The predicted molar refractivity (Wildman–Crippen MR) is 76.8 cm³/mol. The van der Waals surface area contributed by atoms with Gasteiger partial charge in [0.1, 0.15) is 5.75 Å². The number of amides is 1. The number of rotatable bonds is 4. The Labute approximate surface area is 117 Å². The summed E-state index contributed by atoms with van der Waals surface area (Å²) in [7, 11) is 1.59. The first-order valence-corrected chi connectivity index (χ1v) is 6.23. The smallest absolute Gasteiger partial charge is 0.228 e. The number of ether oxygens (including phenoxy) is 1. The van der Waals surface area contributed by atoms with Crippen molar-refractivity contribution in [3.63, 3.8) is 0 Å². The maximum absolute atomic E-state index is 11.9. The van der Waals surface area contributed by atoms with Gasteiger partial charge in [0.15, 0.2) is 0 Å². The van der Waals surface area contributed by atoms with Gasteiger partial charge in [-0.1, -0.05) is 29.8 Å². The minimum atomic E-state index is -0.0875. The molecule has 0 atom stereocenters. The predicted octanol–water partition coefficient (Wildman–Crippen LogP) is 3.53. The van der Waals surface area contributed by atoms with Crippen LogP contribution in [-0.2, 0) is 11.2 Å². The van der Waals surface area contributed by atoms with E-state index in [1.807, 2.05) is 30.3 Å². The van der Waals surface area contributed by atoms with Crippen LogP contribution in [0.3, 0.4) is 0 Å². The molecule has 0 fully saturated rings. The zero-order chi connectivity index (χ0) is 13.7. The van der Waals surface area contributed by atoms with Gasteiger partial charge in [0.2, 0.25) is 5.91 Å². The first kappa shape index (κ1) is 13.4. The van der Waals surface area contributed by atoms with Gasteiger partial charge in [-0.3, -0.25) is 4.79 Å². The molecule has 2 rings (SSSR count). The first-order chi connectivity index (χ1) is 9.17. The fourth-order valence-corrected chi connectivity index (χ4v) is 1.95. The zero-order valence-electron chi connectivity index (χ0n) is 10.5. The van der Waals surface area contributed by atoms with E-state index in [1.165, 1.54) is 0 Å². The molecule has 2 aromatic rings. The Hall–Kier alpha value is -2.00. The van der Waals surface area contributed by atoms with Crippen LogP contribution in [0.5, 0.6) is 5.75 Å². The third-order valence-electron chi connectivity index (χ3n) is 2.61. The maximum Gasteiger partial charge on any atom is 0.228 e. The summed E-state index contributed by atoms with van der Waals surface area (Å²) in [6, 6.07) is 14.5. The van der Waals surface area contributed by atoms with E-state index < -0.39 is 0 Å². The van der Waals surface area contributed by atoms with Gasteiger partial charge in [-0.05, 0) is 29.8 Å². The van der Waals surface area contributed by atoms with Crippen LogP contribution in [-0.4, -0.2) is 13.0 Å². The van der Waals surface area contributed by atoms with Gasteiger partial charge in [0.25, 0.3) is 0 Å². The van der Waals surface area contributed by atoms with Crippen LogP contribution in [0, 0.1) is 0 Å². The SMILES string of the molecule is COc1cccc(NC(=O)Cc2cccc(Cl)c2)c1. The molecule has 98 valence electrons. The summed E-state index contributed by atoms with van der Waals surface area (Å²) in [6.07, 6.45) is 0.289. The Balaban J connectivity index is 2.01. The molecule has 1 N–H and O–H groups in total. The second-order valence-electron chi connectivity index (χ2n) is 4.09. The Kier molecular flexibility index (Phi) is 4.42. The van der Waals surface area contributed by atoms with E-state index in [2.05, 4.69) is 5.32 Å². The van der Waals surface area contributed by atoms with Crippen LogP contribution in [0.15, 0.2) is 48.5 Å². The molecule has 0 aliphatic heterocycles. The van der Waals surface area contributed by atoms with Gasteiger partial charge < -0.3 is 10.1 Å². The topological polar surface area (TPSA) is 38.3 Å². The number of hydrogen-bond donors (Lipinski definition) is 1. The Morgan fingerprint density at radius 1 is 1.21 bits per heavy atom. The lowest BCUT2D eigenvalue weighted by Gasteiger charge is -2.07. The van der Waals surface area contributed by atoms with Crippen molar-refractivity contribution in [1.82, 2.24) is 0 Å². The molecule has 0 aliphatic carbocycles. The number of halogens is 1. The molecule has 2 aromatic carbocycles. The van der Waals surface area contributed by atoms with Crippen LogP contribution in [0.1, 0.15) is 5.56 Å². The van der Waals surface area contributed by atoms with Crippen LogP contribution in [0.25, 0.3) is 0 Å². The van der Waals surface area contributed by atoms with Crippen molar-refractivity contribution in [3.05, 3.63) is 59.1 Å². The summed E-state index contributed by atoms with van der Waals surface area (Å²) >= 11 is 5.88. The standard InChI is InChI=1S/C15H14ClNO2/c1-19-14-7-3-6-13(10-14)17-15(18)9-11-4-2-5-12(16)8-11/h2-8,10H,9H2,1H3,(H,17,18). The summed E-state index contributed by atoms with van der Waals surface area (Å²) in [5.41, 5.74) is 1.60. The van der Waals surface area contributed by atoms with Gasteiger partial charge in [-0.15, -0.1) is 0 Å². The van der Waals surface area contributed by atoms with Crippen molar-refractivity contribution in [2.24, 2.45) is 0 Å². The van der Waals surface area contributed by atoms with Crippen molar-refractivity contribution in [1.29, 1.82) is 0 Å². The Bertz CT molecular complexity index is 584. The molecule has 0 aliphatic rings. The average molecular weight is 276 g/mol. The normalized spacial score (nSPS) is 10.0. The van der Waals surface area contributed by atoms with E-state index in [1.54, 1.807) is 25.3 Å². The van der Waals surface area contributed by atoms with Gasteiger partial charge in [-0.2, -0.15) is 0 Å². The number of benzene rings is 2. The number of carbonyl (C=O) groups is 1.